The van der Waals surface area contributed by atoms with E-state index in [1.54, 1.807) is 0 Å². The Kier molecular flexibility index (Phi) is 4.87. The zero-order valence-electron chi connectivity index (χ0n) is 10.5. The van der Waals surface area contributed by atoms with E-state index in [-0.39, 0.29) is 0 Å². The van der Waals surface area contributed by atoms with E-state index in [1.165, 1.54) is 24.9 Å². The largest absolute Gasteiger partial charge is 0.494 e. The highest BCUT2D eigenvalue weighted by molar-refractivity contribution is 5.27. The van der Waals surface area contributed by atoms with Crippen molar-refractivity contribution in [2.75, 3.05) is 13.2 Å². The first-order valence-electron chi connectivity index (χ1n) is 6.63. The molecule has 0 aromatic heterocycles. The van der Waals surface area contributed by atoms with Crippen molar-refractivity contribution in [1.29, 1.82) is 0 Å². The predicted molar refractivity (Wildman–Crippen MR) is 71.3 cm³/mol. The van der Waals surface area contributed by atoms with Gasteiger partial charge in [0.2, 0.25) is 0 Å². The first-order valence-corrected chi connectivity index (χ1v) is 6.63. The molecular formula is C15H22NO. The summed E-state index contributed by atoms with van der Waals surface area (Å²) in [6.45, 7) is 5.84. The molecule has 1 N–H and O–H groups in total. The summed E-state index contributed by atoms with van der Waals surface area (Å²) < 4.78 is 5.75. The summed E-state index contributed by atoms with van der Waals surface area (Å²) in [4.78, 5) is 0. The summed E-state index contributed by atoms with van der Waals surface area (Å²) in [6, 6.07) is 9.06. The van der Waals surface area contributed by atoms with Crippen molar-refractivity contribution in [2.24, 2.45) is 0 Å². The first-order chi connectivity index (χ1) is 8.38. The fourth-order valence-corrected chi connectivity index (χ4v) is 2.28. The van der Waals surface area contributed by atoms with E-state index >= 15 is 0 Å². The quantitative estimate of drug-likeness (QED) is 0.814. The number of aryl methyl sites for hydroxylation is 1. The van der Waals surface area contributed by atoms with Gasteiger partial charge in [0, 0.05) is 6.04 Å². The van der Waals surface area contributed by atoms with Gasteiger partial charge in [-0.15, -0.1) is 0 Å². The number of rotatable bonds is 6. The first kappa shape index (κ1) is 12.4. The van der Waals surface area contributed by atoms with Crippen LogP contribution in [-0.4, -0.2) is 19.2 Å². The van der Waals surface area contributed by atoms with Crippen molar-refractivity contribution >= 4 is 0 Å². The highest BCUT2D eigenvalue weighted by Gasteiger charge is 2.13. The molecule has 0 aliphatic carbocycles. The minimum absolute atomic E-state index is 0.667. The van der Waals surface area contributed by atoms with E-state index in [4.69, 9.17) is 4.74 Å². The van der Waals surface area contributed by atoms with Gasteiger partial charge in [-0.25, -0.2) is 0 Å². The molecule has 1 aliphatic rings. The van der Waals surface area contributed by atoms with Gasteiger partial charge in [0.15, 0.2) is 0 Å². The Bertz CT molecular complexity index is 314. The summed E-state index contributed by atoms with van der Waals surface area (Å²) in [5.74, 6) is 0.982. The van der Waals surface area contributed by atoms with Crippen molar-refractivity contribution in [3.05, 3.63) is 36.8 Å². The van der Waals surface area contributed by atoms with Crippen LogP contribution < -0.4 is 10.1 Å². The molecule has 0 bridgehead atoms. The summed E-state index contributed by atoms with van der Waals surface area (Å²) >= 11 is 0. The van der Waals surface area contributed by atoms with Crippen LogP contribution in [-0.2, 0) is 6.42 Å². The smallest absolute Gasteiger partial charge is 0.119 e. The van der Waals surface area contributed by atoms with Crippen LogP contribution in [0.3, 0.4) is 0 Å². The van der Waals surface area contributed by atoms with E-state index in [2.05, 4.69) is 36.5 Å². The van der Waals surface area contributed by atoms with Crippen LogP contribution >= 0.6 is 0 Å². The van der Waals surface area contributed by atoms with Gasteiger partial charge in [-0.2, -0.15) is 0 Å². The minimum atomic E-state index is 0.667. The van der Waals surface area contributed by atoms with Crippen LogP contribution in [0.2, 0.25) is 0 Å². The van der Waals surface area contributed by atoms with E-state index < -0.39 is 0 Å². The molecule has 2 nitrogen and oxygen atoms in total. The van der Waals surface area contributed by atoms with E-state index in [0.29, 0.717) is 6.04 Å². The molecule has 1 aromatic rings. The maximum Gasteiger partial charge on any atom is 0.119 e. The molecule has 1 saturated heterocycles. The molecule has 1 unspecified atom stereocenters. The van der Waals surface area contributed by atoms with Crippen molar-refractivity contribution in [3.63, 3.8) is 0 Å². The Morgan fingerprint density at radius 2 is 2.12 bits per heavy atom. The zero-order chi connectivity index (χ0) is 11.9. The van der Waals surface area contributed by atoms with Crippen molar-refractivity contribution < 1.29 is 4.74 Å². The third kappa shape index (κ3) is 4.04. The lowest BCUT2D eigenvalue weighted by molar-refractivity contribution is 0.292. The molecule has 2 rings (SSSR count). The van der Waals surface area contributed by atoms with Gasteiger partial charge in [-0.05, 0) is 56.3 Å². The summed E-state index contributed by atoms with van der Waals surface area (Å²) in [7, 11) is 0. The summed E-state index contributed by atoms with van der Waals surface area (Å²) in [6.07, 6.45) is 5.72. The topological polar surface area (TPSA) is 21.3 Å². The standard InChI is InChI=1S/C15H22NO/c1-2-4-13-6-8-15(9-7-13)17-12-10-14-5-3-11-16-14/h6-9,14,16H,1-5,10-12H2. The Balaban J connectivity index is 1.70. The van der Waals surface area contributed by atoms with Crippen LogP contribution in [0.15, 0.2) is 24.3 Å². The Hall–Kier alpha value is -1.02. The van der Waals surface area contributed by atoms with Crippen LogP contribution in [0.5, 0.6) is 5.75 Å². The molecular weight excluding hydrogens is 210 g/mol. The maximum atomic E-state index is 5.75. The maximum absolute atomic E-state index is 5.75. The fourth-order valence-electron chi connectivity index (χ4n) is 2.28. The fraction of sp³-hybridized carbons (Fsp3) is 0.533. The predicted octanol–water partition coefficient (Wildman–Crippen LogP) is 2.97. The van der Waals surface area contributed by atoms with Crippen LogP contribution in [0.1, 0.15) is 31.2 Å². The van der Waals surface area contributed by atoms with Gasteiger partial charge < -0.3 is 10.1 Å². The van der Waals surface area contributed by atoms with Crippen LogP contribution in [0.25, 0.3) is 0 Å². The molecule has 0 saturated carbocycles. The second-order valence-electron chi connectivity index (χ2n) is 4.68. The Morgan fingerprint density at radius 1 is 1.29 bits per heavy atom. The SMILES string of the molecule is [CH2]CCc1ccc(OCCC2CCCN2)cc1. The second-order valence-corrected chi connectivity index (χ2v) is 4.68. The molecule has 1 heterocycles. The number of ether oxygens (including phenoxy) is 1. The van der Waals surface area contributed by atoms with Gasteiger partial charge in [-0.3, -0.25) is 0 Å². The molecule has 2 heteroatoms. The van der Waals surface area contributed by atoms with Crippen LogP contribution in [0, 0.1) is 6.92 Å². The lowest BCUT2D eigenvalue weighted by atomic mass is 10.1. The van der Waals surface area contributed by atoms with Gasteiger partial charge in [-0.1, -0.05) is 19.1 Å². The Morgan fingerprint density at radius 3 is 2.76 bits per heavy atom. The van der Waals surface area contributed by atoms with Crippen molar-refractivity contribution in [3.8, 4) is 5.75 Å². The van der Waals surface area contributed by atoms with Crippen molar-refractivity contribution in [1.82, 2.24) is 5.32 Å². The molecule has 0 spiro atoms. The lowest BCUT2D eigenvalue weighted by Gasteiger charge is -2.11. The van der Waals surface area contributed by atoms with Crippen molar-refractivity contribution in [2.45, 2.75) is 38.1 Å². The zero-order valence-corrected chi connectivity index (χ0v) is 10.5. The molecule has 0 amide bonds. The summed E-state index contributed by atoms with van der Waals surface area (Å²) in [5, 5.41) is 3.48. The molecule has 1 atom stereocenters. The van der Waals surface area contributed by atoms with Crippen LogP contribution in [0.4, 0.5) is 0 Å². The summed E-state index contributed by atoms with van der Waals surface area (Å²) in [5.41, 5.74) is 1.34. The van der Waals surface area contributed by atoms with E-state index in [0.717, 1.165) is 31.6 Å². The number of benzene rings is 1. The van der Waals surface area contributed by atoms with Gasteiger partial charge in [0.1, 0.15) is 5.75 Å². The minimum Gasteiger partial charge on any atom is -0.494 e. The third-order valence-electron chi connectivity index (χ3n) is 3.29. The third-order valence-corrected chi connectivity index (χ3v) is 3.29. The molecule has 1 fully saturated rings. The number of hydrogen-bond donors (Lipinski definition) is 1. The monoisotopic (exact) mass is 232 g/mol. The highest BCUT2D eigenvalue weighted by Crippen LogP contribution is 2.15. The molecule has 1 aromatic carbocycles. The van der Waals surface area contributed by atoms with E-state index in [9.17, 15) is 0 Å². The second kappa shape index (κ2) is 6.65. The molecule has 17 heavy (non-hydrogen) atoms. The normalized spacial score (nSPS) is 19.5. The molecule has 1 radical (unpaired) electrons. The number of nitrogens with one attached hydrogen (secondary N) is 1. The highest BCUT2D eigenvalue weighted by atomic mass is 16.5. The average molecular weight is 232 g/mol. The van der Waals surface area contributed by atoms with Gasteiger partial charge >= 0.3 is 0 Å². The lowest BCUT2D eigenvalue weighted by Crippen LogP contribution is -2.23. The molecule has 93 valence electrons. The average Bonchev–Trinajstić information content (AvgIpc) is 2.85. The van der Waals surface area contributed by atoms with Gasteiger partial charge in [0.05, 0.1) is 6.61 Å². The van der Waals surface area contributed by atoms with Gasteiger partial charge in [0.25, 0.3) is 0 Å². The molecule has 1 aliphatic heterocycles. The Labute approximate surface area is 104 Å². The number of hydrogen-bond acceptors (Lipinski definition) is 2. The van der Waals surface area contributed by atoms with E-state index in [1.807, 2.05) is 0 Å².